The molecule has 1 amide bonds. The van der Waals surface area contributed by atoms with Gasteiger partial charge in [-0.15, -0.1) is 0 Å². The topological polar surface area (TPSA) is 114 Å². The van der Waals surface area contributed by atoms with Gasteiger partial charge in [0, 0.05) is 17.2 Å². The number of hydrazone groups is 1. The van der Waals surface area contributed by atoms with Crippen LogP contribution in [0.5, 0.6) is 11.5 Å². The van der Waals surface area contributed by atoms with Gasteiger partial charge in [-0.3, -0.25) is 9.35 Å². The molecular weight excluding hydrogens is 432 g/mol. The molecule has 0 aliphatic carbocycles. The van der Waals surface area contributed by atoms with Crippen LogP contribution in [-0.2, 0) is 21.3 Å². The van der Waals surface area contributed by atoms with E-state index in [1.165, 1.54) is 26.5 Å². The molecule has 0 fully saturated rings. The van der Waals surface area contributed by atoms with E-state index in [1.807, 2.05) is 30.3 Å². The molecule has 0 aliphatic heterocycles. The summed E-state index contributed by atoms with van der Waals surface area (Å²) in [4.78, 5) is 11.7. The van der Waals surface area contributed by atoms with Crippen molar-refractivity contribution in [3.8, 4) is 22.6 Å². The summed E-state index contributed by atoms with van der Waals surface area (Å²) >= 11 is 0. The van der Waals surface area contributed by atoms with Crippen LogP contribution in [0.1, 0.15) is 11.1 Å². The van der Waals surface area contributed by atoms with Crippen molar-refractivity contribution in [2.45, 2.75) is 11.3 Å². The van der Waals surface area contributed by atoms with Gasteiger partial charge in [0.1, 0.15) is 16.4 Å². The SMILES string of the molecule is COc1cc(-c2ccccc2/C=N/NC(=O)Cc2ccccc2)c(OC)c(S(=O)(=O)O)c1. The van der Waals surface area contributed by atoms with Crippen LogP contribution in [0.15, 0.2) is 76.7 Å². The predicted octanol–water partition coefficient (Wildman–Crippen LogP) is 3.31. The van der Waals surface area contributed by atoms with E-state index >= 15 is 0 Å². The van der Waals surface area contributed by atoms with Crippen molar-refractivity contribution >= 4 is 22.2 Å². The lowest BCUT2D eigenvalue weighted by molar-refractivity contribution is -0.120. The number of nitrogens with one attached hydrogen (secondary N) is 1. The van der Waals surface area contributed by atoms with E-state index < -0.39 is 15.0 Å². The van der Waals surface area contributed by atoms with Crippen molar-refractivity contribution in [2.75, 3.05) is 14.2 Å². The van der Waals surface area contributed by atoms with Crippen molar-refractivity contribution in [1.82, 2.24) is 5.43 Å². The lowest BCUT2D eigenvalue weighted by Crippen LogP contribution is -2.19. The lowest BCUT2D eigenvalue weighted by atomic mass is 9.99. The van der Waals surface area contributed by atoms with Crippen LogP contribution in [0.3, 0.4) is 0 Å². The maximum Gasteiger partial charge on any atom is 0.298 e. The number of carbonyl (C=O) groups is 1. The minimum absolute atomic E-state index is 0.0396. The highest BCUT2D eigenvalue weighted by atomic mass is 32.2. The zero-order chi connectivity index (χ0) is 23.1. The number of methoxy groups -OCH3 is 2. The summed E-state index contributed by atoms with van der Waals surface area (Å²) in [5.74, 6) is -0.101. The summed E-state index contributed by atoms with van der Waals surface area (Å²) in [6, 6.07) is 19.0. The van der Waals surface area contributed by atoms with Gasteiger partial charge >= 0.3 is 0 Å². The summed E-state index contributed by atoms with van der Waals surface area (Å²) in [6.45, 7) is 0. The predicted molar refractivity (Wildman–Crippen MR) is 121 cm³/mol. The number of rotatable bonds is 8. The van der Waals surface area contributed by atoms with E-state index in [1.54, 1.807) is 30.3 Å². The largest absolute Gasteiger partial charge is 0.497 e. The van der Waals surface area contributed by atoms with Gasteiger partial charge in [-0.05, 0) is 17.2 Å². The molecule has 0 saturated heterocycles. The van der Waals surface area contributed by atoms with Crippen LogP contribution in [0.2, 0.25) is 0 Å². The molecule has 0 saturated carbocycles. The highest BCUT2D eigenvalue weighted by molar-refractivity contribution is 7.86. The monoisotopic (exact) mass is 454 g/mol. The molecule has 0 aromatic heterocycles. The van der Waals surface area contributed by atoms with Gasteiger partial charge in [0.25, 0.3) is 10.1 Å². The zero-order valence-corrected chi connectivity index (χ0v) is 18.3. The molecule has 9 heteroatoms. The summed E-state index contributed by atoms with van der Waals surface area (Å²) in [5, 5.41) is 4.03. The van der Waals surface area contributed by atoms with E-state index in [0.29, 0.717) is 16.7 Å². The minimum atomic E-state index is -4.58. The van der Waals surface area contributed by atoms with E-state index in [0.717, 1.165) is 5.56 Å². The Morgan fingerprint density at radius 2 is 1.69 bits per heavy atom. The average Bonchev–Trinajstić information content (AvgIpc) is 2.78. The number of hydrogen-bond acceptors (Lipinski definition) is 6. The number of carbonyl (C=O) groups excluding carboxylic acids is 1. The number of hydrogen-bond donors (Lipinski definition) is 2. The second-order valence-corrected chi connectivity index (χ2v) is 8.11. The number of ether oxygens (including phenoxy) is 2. The van der Waals surface area contributed by atoms with Crippen LogP contribution >= 0.6 is 0 Å². The van der Waals surface area contributed by atoms with Crippen LogP contribution in [-0.4, -0.2) is 39.3 Å². The molecule has 0 bridgehead atoms. The van der Waals surface area contributed by atoms with E-state index in [4.69, 9.17) is 9.47 Å². The summed E-state index contributed by atoms with van der Waals surface area (Å²) < 4.78 is 43.9. The molecule has 2 N–H and O–H groups in total. The van der Waals surface area contributed by atoms with Crippen LogP contribution in [0.25, 0.3) is 11.1 Å². The Kier molecular flexibility index (Phi) is 7.24. The smallest absolute Gasteiger partial charge is 0.298 e. The molecule has 0 unspecified atom stereocenters. The van der Waals surface area contributed by atoms with Crippen molar-refractivity contribution in [1.29, 1.82) is 0 Å². The van der Waals surface area contributed by atoms with Gasteiger partial charge < -0.3 is 9.47 Å². The Hall–Kier alpha value is -3.69. The van der Waals surface area contributed by atoms with E-state index in [9.17, 15) is 17.8 Å². The van der Waals surface area contributed by atoms with E-state index in [2.05, 4.69) is 10.5 Å². The van der Waals surface area contributed by atoms with Crippen molar-refractivity contribution in [2.24, 2.45) is 5.10 Å². The molecule has 3 rings (SSSR count). The quantitative estimate of drug-likeness (QED) is 0.307. The minimum Gasteiger partial charge on any atom is -0.497 e. The Balaban J connectivity index is 1.94. The third-order valence-corrected chi connectivity index (χ3v) is 5.46. The first-order chi connectivity index (χ1) is 15.3. The molecule has 8 nitrogen and oxygen atoms in total. The maximum atomic E-state index is 12.1. The molecule has 166 valence electrons. The summed E-state index contributed by atoms with van der Waals surface area (Å²) in [7, 11) is -1.89. The van der Waals surface area contributed by atoms with Gasteiger partial charge in [0.05, 0.1) is 26.9 Å². The molecular formula is C23H22N2O6S. The first kappa shape index (κ1) is 23.0. The van der Waals surface area contributed by atoms with Gasteiger partial charge in [0.2, 0.25) is 5.91 Å². The van der Waals surface area contributed by atoms with Gasteiger partial charge in [-0.1, -0.05) is 54.6 Å². The molecule has 3 aromatic carbocycles. The fourth-order valence-corrected chi connectivity index (χ4v) is 3.84. The number of benzene rings is 3. The normalized spacial score (nSPS) is 11.3. The second-order valence-electron chi connectivity index (χ2n) is 6.72. The Labute approximate surface area is 186 Å². The molecule has 0 spiro atoms. The number of nitrogens with zero attached hydrogens (tertiary/aromatic N) is 1. The third-order valence-electron chi connectivity index (χ3n) is 4.60. The Morgan fingerprint density at radius 1 is 1.00 bits per heavy atom. The van der Waals surface area contributed by atoms with Crippen molar-refractivity contribution in [3.05, 3.63) is 77.9 Å². The van der Waals surface area contributed by atoms with Gasteiger partial charge in [-0.2, -0.15) is 13.5 Å². The Morgan fingerprint density at radius 3 is 2.34 bits per heavy atom. The van der Waals surface area contributed by atoms with Crippen molar-refractivity contribution in [3.63, 3.8) is 0 Å². The summed E-state index contributed by atoms with van der Waals surface area (Å²) in [6.07, 6.45) is 1.63. The second kappa shape index (κ2) is 10.1. The van der Waals surface area contributed by atoms with E-state index in [-0.39, 0.29) is 23.8 Å². The maximum absolute atomic E-state index is 12.1. The first-order valence-electron chi connectivity index (χ1n) is 9.52. The molecule has 32 heavy (non-hydrogen) atoms. The van der Waals surface area contributed by atoms with Crippen LogP contribution < -0.4 is 14.9 Å². The molecule has 0 aliphatic rings. The molecule has 0 atom stereocenters. The first-order valence-corrected chi connectivity index (χ1v) is 11.0. The van der Waals surface area contributed by atoms with Crippen molar-refractivity contribution < 1.29 is 27.2 Å². The molecule has 3 aromatic rings. The molecule has 0 heterocycles. The standard InChI is InChI=1S/C23H22N2O6S/c1-30-18-13-20(23(31-2)21(14-18)32(27,28)29)19-11-7-6-10-17(19)15-24-25-22(26)12-16-8-4-3-5-9-16/h3-11,13-15H,12H2,1-2H3,(H,25,26)(H,27,28,29)/b24-15+. The van der Waals surface area contributed by atoms with Gasteiger partial charge in [-0.25, -0.2) is 5.43 Å². The summed E-state index contributed by atoms with van der Waals surface area (Å²) in [5.41, 5.74) is 4.86. The third kappa shape index (κ3) is 5.51. The fraction of sp³-hybridized carbons (Fsp3) is 0.130. The number of amides is 1. The fourth-order valence-electron chi connectivity index (χ4n) is 3.15. The highest BCUT2D eigenvalue weighted by Gasteiger charge is 2.23. The Bertz CT molecular complexity index is 1240. The molecule has 0 radical (unpaired) electrons. The highest BCUT2D eigenvalue weighted by Crippen LogP contribution is 2.40. The zero-order valence-electron chi connectivity index (χ0n) is 17.5. The van der Waals surface area contributed by atoms with Gasteiger partial charge in [0.15, 0.2) is 0 Å². The van der Waals surface area contributed by atoms with Crippen LogP contribution in [0.4, 0.5) is 0 Å². The van der Waals surface area contributed by atoms with Crippen LogP contribution in [0, 0.1) is 0 Å². The average molecular weight is 455 g/mol. The lowest BCUT2D eigenvalue weighted by Gasteiger charge is -2.15.